The lowest BCUT2D eigenvalue weighted by atomic mass is 9.93. The van der Waals surface area contributed by atoms with Gasteiger partial charge in [0.05, 0.1) is 21.7 Å². The van der Waals surface area contributed by atoms with Gasteiger partial charge in [-0.25, -0.2) is 22.9 Å². The van der Waals surface area contributed by atoms with Crippen molar-refractivity contribution in [2.75, 3.05) is 16.8 Å². The van der Waals surface area contributed by atoms with Crippen LogP contribution in [-0.2, 0) is 10.5 Å². The summed E-state index contributed by atoms with van der Waals surface area (Å²) in [6, 6.07) is 14.9. The number of fused-ring (bicyclic) bond motifs is 2. The van der Waals surface area contributed by atoms with E-state index in [1.54, 1.807) is 18.2 Å². The highest BCUT2D eigenvalue weighted by Crippen LogP contribution is 2.46. The van der Waals surface area contributed by atoms with Gasteiger partial charge >= 0.3 is 6.09 Å². The molecule has 8 nitrogen and oxygen atoms in total. The first-order valence-electron chi connectivity index (χ1n) is 10.5. The number of nitrogens with zero attached hydrogens (tertiary/aromatic N) is 2. The number of anilines is 2. The lowest BCUT2D eigenvalue weighted by Gasteiger charge is -2.35. The van der Waals surface area contributed by atoms with Crippen LogP contribution in [-0.4, -0.2) is 40.1 Å². The van der Waals surface area contributed by atoms with Crippen molar-refractivity contribution in [2.24, 2.45) is 0 Å². The van der Waals surface area contributed by atoms with E-state index in [9.17, 15) is 23.5 Å². The summed E-state index contributed by atoms with van der Waals surface area (Å²) in [5.74, 6) is -1.60. The van der Waals surface area contributed by atoms with Gasteiger partial charge in [-0.05, 0) is 30.3 Å². The normalized spacial score (nSPS) is 16.6. The summed E-state index contributed by atoms with van der Waals surface area (Å²) in [5, 5.41) is 14.0. The van der Waals surface area contributed by atoms with E-state index >= 15 is 4.39 Å². The molecular weight excluding hydrogens is 536 g/mol. The van der Waals surface area contributed by atoms with Crippen molar-refractivity contribution in [3.8, 4) is 0 Å². The van der Waals surface area contributed by atoms with Crippen molar-refractivity contribution in [3.63, 3.8) is 0 Å². The van der Waals surface area contributed by atoms with Crippen molar-refractivity contribution < 1.29 is 32.6 Å². The number of H-pyrrole nitrogens is 1. The van der Waals surface area contributed by atoms with E-state index in [4.69, 9.17) is 11.6 Å². The Labute approximate surface area is 218 Å². The number of carbonyl (C=O) groups is 2. The minimum atomic E-state index is -2.82. The van der Waals surface area contributed by atoms with Crippen molar-refractivity contribution in [1.29, 1.82) is 0 Å². The van der Waals surface area contributed by atoms with Crippen LogP contribution in [0.4, 0.5) is 29.6 Å². The third kappa shape index (κ3) is 4.45. The maximum Gasteiger partial charge on any atom is 0.414 e. The Kier molecular flexibility index (Phi) is 7.05. The molecule has 1 aromatic heterocycles. The third-order valence-electron chi connectivity index (χ3n) is 5.68. The highest BCUT2D eigenvalue weighted by atomic mass is 35.5. The number of hydrogen-bond donors (Lipinski definition) is 3. The molecule has 0 radical (unpaired) electrons. The molecule has 0 spiro atoms. The fourth-order valence-electron chi connectivity index (χ4n) is 4.15. The van der Waals surface area contributed by atoms with E-state index in [1.165, 1.54) is 42.5 Å². The van der Waals surface area contributed by atoms with Crippen molar-refractivity contribution in [2.45, 2.75) is 12.2 Å². The number of amides is 2. The van der Waals surface area contributed by atoms with E-state index in [0.717, 1.165) is 4.90 Å². The number of imidazole rings is 1. The molecule has 1 aliphatic heterocycles. The number of aromatic nitrogens is 2. The fraction of sp³-hybridized carbons (Fsp3) is 0.125. The number of rotatable bonds is 5. The summed E-state index contributed by atoms with van der Waals surface area (Å²) in [5.41, 5.74) is -1.08. The Bertz CT molecular complexity index is 1520. The number of alkyl halides is 2. The fourth-order valence-corrected chi connectivity index (χ4v) is 4.32. The Morgan fingerprint density at radius 3 is 2.70 bits per heavy atom. The van der Waals surface area contributed by atoms with Gasteiger partial charge in [-0.15, -0.1) is 12.4 Å². The highest BCUT2D eigenvalue weighted by molar-refractivity contribution is 6.31. The first kappa shape index (κ1) is 26.3. The van der Waals surface area contributed by atoms with Crippen LogP contribution < -0.4 is 10.2 Å². The monoisotopic (exact) mass is 552 g/mol. The van der Waals surface area contributed by atoms with Crippen LogP contribution in [0.15, 0.2) is 60.7 Å². The van der Waals surface area contributed by atoms with Gasteiger partial charge in [0, 0.05) is 16.7 Å². The van der Waals surface area contributed by atoms with Crippen molar-refractivity contribution in [3.05, 3.63) is 88.2 Å². The predicted octanol–water partition coefficient (Wildman–Crippen LogP) is 5.44. The number of aromatic amines is 1. The maximum atomic E-state index is 15.0. The molecule has 192 valence electrons. The number of ether oxygens (including phenoxy) is 1. The second-order valence-corrected chi connectivity index (χ2v) is 8.27. The van der Waals surface area contributed by atoms with Crippen LogP contribution in [0.1, 0.15) is 21.5 Å². The van der Waals surface area contributed by atoms with E-state index in [0.29, 0.717) is 11.0 Å². The molecule has 0 fully saturated rings. The van der Waals surface area contributed by atoms with Gasteiger partial charge in [-0.2, -0.15) is 0 Å². The number of hydrogen-bond acceptors (Lipinski definition) is 5. The topological polar surface area (TPSA) is 108 Å². The maximum absolute atomic E-state index is 15.0. The van der Waals surface area contributed by atoms with Crippen LogP contribution in [0.25, 0.3) is 11.0 Å². The van der Waals surface area contributed by atoms with Crippen LogP contribution in [0.2, 0.25) is 5.02 Å². The summed E-state index contributed by atoms with van der Waals surface area (Å²) in [7, 11) is 0. The molecule has 0 saturated heterocycles. The highest BCUT2D eigenvalue weighted by Gasteiger charge is 2.51. The molecule has 0 aliphatic carbocycles. The minimum Gasteiger partial charge on any atom is -0.443 e. The largest absolute Gasteiger partial charge is 0.443 e. The van der Waals surface area contributed by atoms with Gasteiger partial charge in [-0.1, -0.05) is 41.9 Å². The lowest BCUT2D eigenvalue weighted by molar-refractivity contribution is 0.0547. The van der Waals surface area contributed by atoms with Gasteiger partial charge in [0.15, 0.2) is 18.1 Å². The van der Waals surface area contributed by atoms with Gasteiger partial charge in [0.25, 0.3) is 12.3 Å². The molecule has 3 N–H and O–H groups in total. The molecule has 1 atom stereocenters. The van der Waals surface area contributed by atoms with Crippen molar-refractivity contribution >= 4 is 58.7 Å². The molecule has 4 aromatic rings. The molecule has 1 aliphatic rings. The quantitative estimate of drug-likeness (QED) is 0.305. The standard InChI is InChI=1S/C24H16ClF3N4O4.ClH/c25-15-6-3-7-18(20(15)28)32-21(33)13-4-1-2-5-14(13)24(32,35)12-8-9-16-17(10-12)30-22(29-16)31-23(34)36-11-19(26)27;/h1-10,19,35H,11H2,(H2,29,30,31,34);1H. The Hall–Kier alpha value is -3.80. The molecule has 1 unspecified atom stereocenters. The molecule has 37 heavy (non-hydrogen) atoms. The second-order valence-electron chi connectivity index (χ2n) is 7.86. The van der Waals surface area contributed by atoms with E-state index in [1.807, 2.05) is 0 Å². The number of benzene rings is 3. The van der Waals surface area contributed by atoms with E-state index in [-0.39, 0.29) is 45.8 Å². The summed E-state index contributed by atoms with van der Waals surface area (Å²) in [4.78, 5) is 32.9. The van der Waals surface area contributed by atoms with Crippen LogP contribution in [0.3, 0.4) is 0 Å². The van der Waals surface area contributed by atoms with Gasteiger partial charge in [0.2, 0.25) is 5.95 Å². The number of aliphatic hydroxyl groups is 1. The Balaban J connectivity index is 0.00000320. The third-order valence-corrected chi connectivity index (χ3v) is 5.97. The molecule has 0 saturated carbocycles. The second kappa shape index (κ2) is 9.92. The molecule has 3 aromatic carbocycles. The zero-order chi connectivity index (χ0) is 25.6. The number of nitrogens with one attached hydrogen (secondary N) is 2. The zero-order valence-corrected chi connectivity index (χ0v) is 20.1. The molecule has 2 heterocycles. The number of halogens is 5. The molecule has 2 amide bonds. The minimum absolute atomic E-state index is 0. The summed E-state index contributed by atoms with van der Waals surface area (Å²) < 4.78 is 43.9. The average molecular weight is 553 g/mol. The number of carbonyl (C=O) groups excluding carboxylic acids is 2. The van der Waals surface area contributed by atoms with E-state index in [2.05, 4.69) is 20.0 Å². The molecule has 13 heteroatoms. The lowest BCUT2D eigenvalue weighted by Crippen LogP contribution is -2.45. The van der Waals surface area contributed by atoms with Crippen LogP contribution in [0, 0.1) is 5.82 Å². The molecule has 5 rings (SSSR count). The van der Waals surface area contributed by atoms with Crippen LogP contribution in [0.5, 0.6) is 0 Å². The van der Waals surface area contributed by atoms with E-state index < -0.39 is 36.6 Å². The molecule has 0 bridgehead atoms. The summed E-state index contributed by atoms with van der Waals surface area (Å²) in [6.07, 6.45) is -3.95. The summed E-state index contributed by atoms with van der Waals surface area (Å²) >= 11 is 5.96. The Morgan fingerprint density at radius 2 is 1.95 bits per heavy atom. The SMILES string of the molecule is Cl.O=C(Nc1nc2ccc(C3(O)c4ccccc4C(=O)N3c3cccc(Cl)c3F)cc2[nH]1)OCC(F)F. The summed E-state index contributed by atoms with van der Waals surface area (Å²) in [6.45, 7) is -1.08. The Morgan fingerprint density at radius 1 is 1.19 bits per heavy atom. The van der Waals surface area contributed by atoms with Gasteiger partial charge in [0.1, 0.15) is 0 Å². The van der Waals surface area contributed by atoms with Crippen LogP contribution >= 0.6 is 24.0 Å². The zero-order valence-electron chi connectivity index (χ0n) is 18.5. The average Bonchev–Trinajstić information content (AvgIpc) is 3.36. The predicted molar refractivity (Wildman–Crippen MR) is 132 cm³/mol. The van der Waals surface area contributed by atoms with Gasteiger partial charge < -0.3 is 14.8 Å². The van der Waals surface area contributed by atoms with Gasteiger partial charge in [-0.3, -0.25) is 15.0 Å². The molecular formula is C24H17Cl2F3N4O4. The smallest absolute Gasteiger partial charge is 0.414 e. The first-order chi connectivity index (χ1) is 17.2. The first-order valence-corrected chi connectivity index (χ1v) is 10.9. The van der Waals surface area contributed by atoms with Crippen molar-refractivity contribution in [1.82, 2.24) is 9.97 Å².